The van der Waals surface area contributed by atoms with Crippen molar-refractivity contribution in [3.63, 3.8) is 0 Å². The van der Waals surface area contributed by atoms with Crippen molar-refractivity contribution in [2.24, 2.45) is 0 Å². The third-order valence-corrected chi connectivity index (χ3v) is 5.62. The van der Waals surface area contributed by atoms with Crippen molar-refractivity contribution in [2.45, 2.75) is 0 Å². The first-order chi connectivity index (χ1) is 16.1. The molecule has 0 unspecified atom stereocenters. The van der Waals surface area contributed by atoms with Crippen molar-refractivity contribution < 1.29 is 14.3 Å². The summed E-state index contributed by atoms with van der Waals surface area (Å²) in [6, 6.07) is 18.7. The molecule has 1 fully saturated rings. The summed E-state index contributed by atoms with van der Waals surface area (Å²) < 4.78 is 10.5. The second-order valence-electron chi connectivity index (χ2n) is 7.56. The van der Waals surface area contributed by atoms with E-state index in [2.05, 4.69) is 26.2 Å². The fourth-order valence-corrected chi connectivity index (χ4v) is 3.77. The third-order valence-electron chi connectivity index (χ3n) is 5.62. The maximum Gasteiger partial charge on any atom is 0.255 e. The van der Waals surface area contributed by atoms with E-state index in [-0.39, 0.29) is 5.91 Å². The van der Waals surface area contributed by atoms with Gasteiger partial charge in [0.1, 0.15) is 11.9 Å². The Hall–Kier alpha value is -4.25. The van der Waals surface area contributed by atoms with Gasteiger partial charge < -0.3 is 24.6 Å². The molecule has 8 heteroatoms. The van der Waals surface area contributed by atoms with E-state index in [4.69, 9.17) is 14.7 Å². The molecule has 3 aromatic rings. The smallest absolute Gasteiger partial charge is 0.255 e. The molecule has 8 nitrogen and oxygen atoms in total. The van der Waals surface area contributed by atoms with Gasteiger partial charge in [0.25, 0.3) is 5.91 Å². The molecule has 0 saturated carbocycles. The monoisotopic (exact) mass is 443 g/mol. The number of rotatable bonds is 6. The summed E-state index contributed by atoms with van der Waals surface area (Å²) in [6.45, 7) is 3.41. The highest BCUT2D eigenvalue weighted by Crippen LogP contribution is 2.28. The number of anilines is 3. The number of nitrogens with one attached hydrogen (secondary N) is 1. The fraction of sp³-hybridized carbons (Fsp3) is 0.240. The predicted molar refractivity (Wildman–Crippen MR) is 127 cm³/mol. The van der Waals surface area contributed by atoms with Gasteiger partial charge in [0, 0.05) is 49.3 Å². The SMILES string of the molecule is COc1ccc(C(=O)Nc2ccc(N3CCN(c4ccc(C#N)cn4)CC3)cc2)cc1OC. The Kier molecular flexibility index (Phi) is 6.60. The van der Waals surface area contributed by atoms with Crippen LogP contribution in [0.25, 0.3) is 0 Å². The van der Waals surface area contributed by atoms with Crippen LogP contribution in [0.3, 0.4) is 0 Å². The van der Waals surface area contributed by atoms with Gasteiger partial charge in [0.05, 0.1) is 19.8 Å². The first-order valence-electron chi connectivity index (χ1n) is 10.6. The summed E-state index contributed by atoms with van der Waals surface area (Å²) in [4.78, 5) is 21.5. The molecule has 1 aromatic heterocycles. The maximum atomic E-state index is 12.6. The van der Waals surface area contributed by atoms with Crippen molar-refractivity contribution >= 4 is 23.1 Å². The van der Waals surface area contributed by atoms with E-state index in [9.17, 15) is 4.79 Å². The first kappa shape index (κ1) is 22.0. The second kappa shape index (κ2) is 9.92. The Morgan fingerprint density at radius 3 is 2.24 bits per heavy atom. The van der Waals surface area contributed by atoms with Gasteiger partial charge in [-0.15, -0.1) is 0 Å². The third kappa shape index (κ3) is 4.99. The van der Waals surface area contributed by atoms with Crippen LogP contribution in [0.2, 0.25) is 0 Å². The van der Waals surface area contributed by atoms with Gasteiger partial charge in [-0.2, -0.15) is 5.26 Å². The van der Waals surface area contributed by atoms with Gasteiger partial charge in [-0.05, 0) is 54.6 Å². The lowest BCUT2D eigenvalue weighted by Gasteiger charge is -2.36. The maximum absolute atomic E-state index is 12.6. The lowest BCUT2D eigenvalue weighted by Crippen LogP contribution is -2.46. The number of hydrogen-bond donors (Lipinski definition) is 1. The van der Waals surface area contributed by atoms with Crippen LogP contribution in [-0.4, -0.2) is 51.3 Å². The van der Waals surface area contributed by atoms with Gasteiger partial charge >= 0.3 is 0 Å². The number of aromatic nitrogens is 1. The van der Waals surface area contributed by atoms with Gasteiger partial charge in [-0.1, -0.05) is 0 Å². The summed E-state index contributed by atoms with van der Waals surface area (Å²) >= 11 is 0. The Morgan fingerprint density at radius 1 is 0.939 bits per heavy atom. The van der Waals surface area contributed by atoms with Gasteiger partial charge in [-0.3, -0.25) is 4.79 Å². The number of ether oxygens (including phenoxy) is 2. The average molecular weight is 444 g/mol. The van der Waals surface area contributed by atoms with E-state index in [1.165, 1.54) is 0 Å². The van der Waals surface area contributed by atoms with Crippen LogP contribution in [0.15, 0.2) is 60.8 Å². The zero-order chi connectivity index (χ0) is 23.2. The lowest BCUT2D eigenvalue weighted by atomic mass is 10.1. The second-order valence-corrected chi connectivity index (χ2v) is 7.56. The van der Waals surface area contributed by atoms with E-state index in [1.54, 1.807) is 44.7 Å². The summed E-state index contributed by atoms with van der Waals surface area (Å²) in [5, 5.41) is 11.8. The topological polar surface area (TPSA) is 90.7 Å². The zero-order valence-electron chi connectivity index (χ0n) is 18.6. The standard InChI is InChI=1S/C25H25N5O3/c1-32-22-9-4-19(15-23(22)33-2)25(31)28-20-5-7-21(8-6-20)29-11-13-30(14-12-29)24-10-3-18(16-26)17-27-24/h3-10,15,17H,11-14H2,1-2H3,(H,28,31). The first-order valence-corrected chi connectivity index (χ1v) is 10.6. The van der Waals surface area contributed by atoms with Gasteiger partial charge in [-0.25, -0.2) is 4.98 Å². The van der Waals surface area contributed by atoms with Crippen LogP contribution >= 0.6 is 0 Å². The lowest BCUT2D eigenvalue weighted by molar-refractivity contribution is 0.102. The summed E-state index contributed by atoms with van der Waals surface area (Å²) in [7, 11) is 3.10. The zero-order valence-corrected chi connectivity index (χ0v) is 18.6. The molecule has 4 rings (SSSR count). The molecule has 2 heterocycles. The van der Waals surface area contributed by atoms with E-state index in [0.717, 1.165) is 43.4 Å². The minimum absolute atomic E-state index is 0.216. The summed E-state index contributed by atoms with van der Waals surface area (Å²) in [5.74, 6) is 1.76. The van der Waals surface area contributed by atoms with Crippen molar-refractivity contribution in [3.8, 4) is 17.6 Å². The molecule has 1 N–H and O–H groups in total. The van der Waals surface area contributed by atoms with E-state index < -0.39 is 0 Å². The number of pyridine rings is 1. The number of carbonyl (C=O) groups is 1. The van der Waals surface area contributed by atoms with Crippen LogP contribution in [0, 0.1) is 11.3 Å². The molecule has 1 aliphatic heterocycles. The van der Waals surface area contributed by atoms with Gasteiger partial charge in [0.2, 0.25) is 0 Å². The number of methoxy groups -OCH3 is 2. The molecular weight excluding hydrogens is 418 g/mol. The van der Waals surface area contributed by atoms with E-state index in [0.29, 0.717) is 22.6 Å². The summed E-state index contributed by atoms with van der Waals surface area (Å²) in [6.07, 6.45) is 1.61. The van der Waals surface area contributed by atoms with Crippen molar-refractivity contribution in [1.29, 1.82) is 5.26 Å². The van der Waals surface area contributed by atoms with Crippen LogP contribution in [0.4, 0.5) is 17.2 Å². The average Bonchev–Trinajstić information content (AvgIpc) is 2.89. The largest absolute Gasteiger partial charge is 0.493 e. The fourth-order valence-electron chi connectivity index (χ4n) is 3.77. The van der Waals surface area contributed by atoms with E-state index >= 15 is 0 Å². The van der Waals surface area contributed by atoms with E-state index in [1.807, 2.05) is 30.3 Å². The van der Waals surface area contributed by atoms with Crippen LogP contribution in [0.1, 0.15) is 15.9 Å². The number of nitriles is 1. The molecule has 1 aliphatic rings. The number of nitrogens with zero attached hydrogens (tertiary/aromatic N) is 4. The Balaban J connectivity index is 1.35. The number of piperazine rings is 1. The molecule has 0 atom stereocenters. The number of benzene rings is 2. The minimum atomic E-state index is -0.216. The molecule has 0 radical (unpaired) electrons. The van der Waals surface area contributed by atoms with Crippen LogP contribution in [-0.2, 0) is 0 Å². The highest BCUT2D eigenvalue weighted by molar-refractivity contribution is 6.04. The van der Waals surface area contributed by atoms with Gasteiger partial charge in [0.15, 0.2) is 11.5 Å². The number of hydrogen-bond acceptors (Lipinski definition) is 7. The quantitative estimate of drug-likeness (QED) is 0.623. The predicted octanol–water partition coefficient (Wildman–Crippen LogP) is 3.55. The molecule has 1 amide bonds. The normalized spacial score (nSPS) is 13.2. The number of carbonyl (C=O) groups excluding carboxylic acids is 1. The van der Waals surface area contributed by atoms with Crippen molar-refractivity contribution in [2.75, 3.05) is 55.5 Å². The molecular formula is C25H25N5O3. The Labute approximate surface area is 193 Å². The molecule has 0 bridgehead atoms. The Bertz CT molecular complexity index is 1150. The van der Waals surface area contributed by atoms with Crippen LogP contribution in [0.5, 0.6) is 11.5 Å². The van der Waals surface area contributed by atoms with Crippen molar-refractivity contribution in [3.05, 3.63) is 71.9 Å². The molecule has 0 spiro atoms. The Morgan fingerprint density at radius 2 is 1.64 bits per heavy atom. The van der Waals surface area contributed by atoms with Crippen LogP contribution < -0.4 is 24.6 Å². The highest BCUT2D eigenvalue weighted by Gasteiger charge is 2.18. The molecule has 2 aromatic carbocycles. The molecule has 168 valence electrons. The molecule has 33 heavy (non-hydrogen) atoms. The van der Waals surface area contributed by atoms with Crippen molar-refractivity contribution in [1.82, 2.24) is 4.98 Å². The molecule has 1 saturated heterocycles. The minimum Gasteiger partial charge on any atom is -0.493 e. The highest BCUT2D eigenvalue weighted by atomic mass is 16.5. The molecule has 0 aliphatic carbocycles. The summed E-state index contributed by atoms with van der Waals surface area (Å²) in [5.41, 5.74) is 2.88. The number of amides is 1.